The first kappa shape index (κ1) is 12.2. The van der Waals surface area contributed by atoms with Crippen LogP contribution in [0.2, 0.25) is 0 Å². The largest absolute Gasteiger partial charge is 0.392 e. The normalized spacial score (nSPS) is 14.9. The predicted molar refractivity (Wildman–Crippen MR) is 60.7 cm³/mol. The minimum atomic E-state index is -0.340. The Kier molecular flexibility index (Phi) is 5.32. The van der Waals surface area contributed by atoms with Crippen molar-refractivity contribution in [1.29, 1.82) is 0 Å². The lowest BCUT2D eigenvalue weighted by Gasteiger charge is -2.19. The molecule has 0 aliphatic rings. The number of hydrogen-bond acceptors (Lipinski definition) is 3. The van der Waals surface area contributed by atoms with E-state index < -0.39 is 0 Å². The van der Waals surface area contributed by atoms with Crippen molar-refractivity contribution in [3.05, 3.63) is 35.9 Å². The molecule has 1 aromatic rings. The average Bonchev–Trinajstić information content (AvgIpc) is 2.25. The third kappa shape index (κ3) is 4.42. The molecular formula is C12H19NO2. The lowest BCUT2D eigenvalue weighted by molar-refractivity contribution is 0.146. The van der Waals surface area contributed by atoms with Crippen LogP contribution in [-0.4, -0.2) is 31.5 Å². The lowest BCUT2D eigenvalue weighted by atomic mass is 10.1. The van der Waals surface area contributed by atoms with Crippen LogP contribution in [0.4, 0.5) is 0 Å². The van der Waals surface area contributed by atoms with Gasteiger partial charge in [0, 0.05) is 13.7 Å². The molecule has 0 spiro atoms. The Hall–Kier alpha value is -0.900. The Morgan fingerprint density at radius 1 is 1.33 bits per heavy atom. The molecule has 1 aromatic carbocycles. The highest BCUT2D eigenvalue weighted by molar-refractivity contribution is 5.18. The maximum absolute atomic E-state index is 9.21. The summed E-state index contributed by atoms with van der Waals surface area (Å²) in [5.41, 5.74) is 1.18. The van der Waals surface area contributed by atoms with Crippen molar-refractivity contribution in [1.82, 2.24) is 5.32 Å². The minimum Gasteiger partial charge on any atom is -0.392 e. The SMILES string of the molecule is COCC(NCC(C)O)c1ccccc1. The second-order valence-corrected chi connectivity index (χ2v) is 3.68. The first-order valence-electron chi connectivity index (χ1n) is 5.19. The Balaban J connectivity index is 2.57. The van der Waals surface area contributed by atoms with Crippen LogP contribution in [0.15, 0.2) is 30.3 Å². The Bertz CT molecular complexity index is 262. The van der Waals surface area contributed by atoms with E-state index in [2.05, 4.69) is 17.4 Å². The maximum atomic E-state index is 9.21. The second-order valence-electron chi connectivity index (χ2n) is 3.68. The van der Waals surface area contributed by atoms with E-state index >= 15 is 0 Å². The highest BCUT2D eigenvalue weighted by Gasteiger charge is 2.10. The molecule has 15 heavy (non-hydrogen) atoms. The molecule has 3 nitrogen and oxygen atoms in total. The van der Waals surface area contributed by atoms with Gasteiger partial charge in [-0.25, -0.2) is 0 Å². The highest BCUT2D eigenvalue weighted by atomic mass is 16.5. The van der Waals surface area contributed by atoms with E-state index in [0.717, 1.165) is 0 Å². The standard InChI is InChI=1S/C12H19NO2/c1-10(14)8-13-12(9-15-2)11-6-4-3-5-7-11/h3-7,10,12-14H,8-9H2,1-2H3. The van der Waals surface area contributed by atoms with E-state index in [0.29, 0.717) is 13.2 Å². The fourth-order valence-corrected chi connectivity index (χ4v) is 1.44. The molecule has 0 aliphatic heterocycles. The molecular weight excluding hydrogens is 190 g/mol. The summed E-state index contributed by atoms with van der Waals surface area (Å²) in [6, 6.07) is 10.2. The fraction of sp³-hybridized carbons (Fsp3) is 0.500. The molecule has 0 bridgehead atoms. The van der Waals surface area contributed by atoms with Crippen LogP contribution >= 0.6 is 0 Å². The molecule has 0 fully saturated rings. The van der Waals surface area contributed by atoms with E-state index in [4.69, 9.17) is 4.74 Å². The molecule has 0 aliphatic carbocycles. The van der Waals surface area contributed by atoms with Gasteiger partial charge in [-0.15, -0.1) is 0 Å². The van der Waals surface area contributed by atoms with Crippen molar-refractivity contribution < 1.29 is 9.84 Å². The van der Waals surface area contributed by atoms with Crippen molar-refractivity contribution in [3.8, 4) is 0 Å². The van der Waals surface area contributed by atoms with Crippen LogP contribution < -0.4 is 5.32 Å². The summed E-state index contributed by atoms with van der Waals surface area (Å²) in [5.74, 6) is 0. The average molecular weight is 209 g/mol. The van der Waals surface area contributed by atoms with Crippen molar-refractivity contribution in [2.24, 2.45) is 0 Å². The van der Waals surface area contributed by atoms with Crippen LogP contribution in [0, 0.1) is 0 Å². The smallest absolute Gasteiger partial charge is 0.0657 e. The summed E-state index contributed by atoms with van der Waals surface area (Å²) < 4.78 is 5.15. The van der Waals surface area contributed by atoms with E-state index in [1.807, 2.05) is 18.2 Å². The second kappa shape index (κ2) is 6.56. The zero-order chi connectivity index (χ0) is 11.1. The summed E-state index contributed by atoms with van der Waals surface area (Å²) in [5, 5.41) is 12.5. The molecule has 0 heterocycles. The maximum Gasteiger partial charge on any atom is 0.0657 e. The number of methoxy groups -OCH3 is 1. The van der Waals surface area contributed by atoms with Gasteiger partial charge in [0.2, 0.25) is 0 Å². The fourth-order valence-electron chi connectivity index (χ4n) is 1.44. The summed E-state index contributed by atoms with van der Waals surface area (Å²) in [7, 11) is 1.68. The summed E-state index contributed by atoms with van der Waals surface area (Å²) in [4.78, 5) is 0. The summed E-state index contributed by atoms with van der Waals surface area (Å²) in [6.07, 6.45) is -0.340. The van der Waals surface area contributed by atoms with E-state index in [9.17, 15) is 5.11 Å². The molecule has 84 valence electrons. The van der Waals surface area contributed by atoms with Crippen molar-refractivity contribution in [3.63, 3.8) is 0 Å². The van der Waals surface area contributed by atoms with Crippen molar-refractivity contribution in [2.45, 2.75) is 19.1 Å². The summed E-state index contributed by atoms with van der Waals surface area (Å²) >= 11 is 0. The third-order valence-electron chi connectivity index (χ3n) is 2.19. The van der Waals surface area contributed by atoms with Gasteiger partial charge < -0.3 is 15.2 Å². The molecule has 0 saturated carbocycles. The van der Waals surface area contributed by atoms with E-state index in [1.54, 1.807) is 14.0 Å². The third-order valence-corrected chi connectivity index (χ3v) is 2.19. The number of rotatable bonds is 6. The van der Waals surface area contributed by atoms with Crippen LogP contribution in [0.25, 0.3) is 0 Å². The number of ether oxygens (including phenoxy) is 1. The Labute approximate surface area is 91.1 Å². The Morgan fingerprint density at radius 2 is 2.00 bits per heavy atom. The van der Waals surface area contributed by atoms with Gasteiger partial charge in [-0.3, -0.25) is 0 Å². The van der Waals surface area contributed by atoms with Gasteiger partial charge in [0.1, 0.15) is 0 Å². The molecule has 0 amide bonds. The Morgan fingerprint density at radius 3 is 2.53 bits per heavy atom. The lowest BCUT2D eigenvalue weighted by Crippen LogP contribution is -2.31. The van der Waals surface area contributed by atoms with Crippen molar-refractivity contribution in [2.75, 3.05) is 20.3 Å². The summed E-state index contributed by atoms with van der Waals surface area (Å²) in [6.45, 7) is 2.95. The minimum absolute atomic E-state index is 0.144. The van der Waals surface area contributed by atoms with Crippen LogP contribution in [0.5, 0.6) is 0 Å². The zero-order valence-electron chi connectivity index (χ0n) is 9.31. The van der Waals surface area contributed by atoms with Gasteiger partial charge in [-0.05, 0) is 12.5 Å². The quantitative estimate of drug-likeness (QED) is 0.743. The topological polar surface area (TPSA) is 41.5 Å². The molecule has 2 unspecified atom stereocenters. The van der Waals surface area contributed by atoms with Gasteiger partial charge in [-0.2, -0.15) is 0 Å². The molecule has 1 rings (SSSR count). The first-order chi connectivity index (χ1) is 7.24. The number of nitrogens with one attached hydrogen (secondary N) is 1. The van der Waals surface area contributed by atoms with E-state index in [1.165, 1.54) is 5.56 Å². The zero-order valence-corrected chi connectivity index (χ0v) is 9.31. The monoisotopic (exact) mass is 209 g/mol. The number of aliphatic hydroxyl groups excluding tert-OH is 1. The van der Waals surface area contributed by atoms with Gasteiger partial charge in [-0.1, -0.05) is 30.3 Å². The first-order valence-corrected chi connectivity index (χ1v) is 5.19. The molecule has 0 radical (unpaired) electrons. The van der Waals surface area contributed by atoms with E-state index in [-0.39, 0.29) is 12.1 Å². The van der Waals surface area contributed by atoms with Crippen LogP contribution in [0.3, 0.4) is 0 Å². The number of hydrogen-bond donors (Lipinski definition) is 2. The predicted octanol–water partition coefficient (Wildman–Crippen LogP) is 1.34. The van der Waals surface area contributed by atoms with Crippen molar-refractivity contribution >= 4 is 0 Å². The number of benzene rings is 1. The van der Waals surface area contributed by atoms with Crippen LogP contribution in [-0.2, 0) is 4.74 Å². The molecule has 0 aromatic heterocycles. The molecule has 3 heteroatoms. The van der Waals surface area contributed by atoms with Gasteiger partial charge in [0.05, 0.1) is 18.8 Å². The number of aliphatic hydroxyl groups is 1. The molecule has 2 atom stereocenters. The van der Waals surface area contributed by atoms with Crippen LogP contribution in [0.1, 0.15) is 18.5 Å². The van der Waals surface area contributed by atoms with Gasteiger partial charge in [0.15, 0.2) is 0 Å². The highest BCUT2D eigenvalue weighted by Crippen LogP contribution is 2.12. The van der Waals surface area contributed by atoms with Gasteiger partial charge in [0.25, 0.3) is 0 Å². The molecule has 0 saturated heterocycles. The van der Waals surface area contributed by atoms with Gasteiger partial charge >= 0.3 is 0 Å². The molecule has 2 N–H and O–H groups in total.